The molecule has 0 saturated carbocycles. The first kappa shape index (κ1) is 21.0. The summed E-state index contributed by atoms with van der Waals surface area (Å²) < 4.78 is 51.9. The summed E-state index contributed by atoms with van der Waals surface area (Å²) in [6.45, 7) is 2.10. The van der Waals surface area contributed by atoms with Crippen LogP contribution >= 0.6 is 0 Å². The van der Waals surface area contributed by atoms with Gasteiger partial charge in [0.05, 0.1) is 11.0 Å². The molecule has 9 heteroatoms. The lowest BCUT2D eigenvalue weighted by Crippen LogP contribution is -2.50. The summed E-state index contributed by atoms with van der Waals surface area (Å²) in [5, 5.41) is 2.87. The first-order valence-corrected chi connectivity index (χ1v) is 11.3. The second-order valence-corrected chi connectivity index (χ2v) is 9.59. The molecule has 3 rings (SSSR count). The predicted molar refractivity (Wildman–Crippen MR) is 98.3 cm³/mol. The second kappa shape index (κ2) is 9.22. The van der Waals surface area contributed by atoms with Gasteiger partial charge in [-0.3, -0.25) is 4.79 Å². The number of amides is 1. The zero-order valence-corrected chi connectivity index (χ0v) is 16.4. The number of alkyl halides is 3. The molecule has 1 N–H and O–H groups in total. The largest absolute Gasteiger partial charge is 0.389 e. The number of likely N-dealkylation sites (tertiary alicyclic amines) is 1. The number of rotatable bonds is 8. The van der Waals surface area contributed by atoms with Crippen LogP contribution in [0.2, 0.25) is 0 Å². The lowest BCUT2D eigenvalue weighted by atomic mass is 9.99. The van der Waals surface area contributed by atoms with Gasteiger partial charge in [-0.05, 0) is 70.5 Å². The normalized spacial score (nSPS) is 31.7. The Hall–Kier alpha value is -0.670. The van der Waals surface area contributed by atoms with Gasteiger partial charge in [-0.2, -0.15) is 13.2 Å². The van der Waals surface area contributed by atoms with E-state index in [4.69, 9.17) is 0 Å². The molecule has 0 aromatic rings. The average molecular weight is 410 g/mol. The number of piperidine rings is 2. The molecular weight excluding hydrogens is 379 g/mol. The van der Waals surface area contributed by atoms with Gasteiger partial charge in [-0.25, -0.2) is 8.51 Å². The van der Waals surface area contributed by atoms with Crippen molar-refractivity contribution in [3.63, 3.8) is 0 Å². The lowest BCUT2D eigenvalue weighted by molar-refractivity contribution is -0.136. The Balaban J connectivity index is 1.39. The number of halogens is 3. The number of nitrogens with zero attached hydrogens (tertiary/aromatic N) is 2. The third kappa shape index (κ3) is 5.90. The highest BCUT2D eigenvalue weighted by atomic mass is 32.2. The van der Waals surface area contributed by atoms with Crippen molar-refractivity contribution in [3.05, 3.63) is 0 Å². The molecule has 27 heavy (non-hydrogen) atoms. The maximum Gasteiger partial charge on any atom is 0.389 e. The molecule has 3 saturated heterocycles. The van der Waals surface area contributed by atoms with E-state index in [-0.39, 0.29) is 12.5 Å². The quantitative estimate of drug-likeness (QED) is 0.627. The highest BCUT2D eigenvalue weighted by molar-refractivity contribution is 7.82. The van der Waals surface area contributed by atoms with E-state index >= 15 is 0 Å². The Morgan fingerprint density at radius 3 is 2.26 bits per heavy atom. The van der Waals surface area contributed by atoms with Crippen LogP contribution in [-0.2, 0) is 15.8 Å². The zero-order chi connectivity index (χ0) is 19.4. The van der Waals surface area contributed by atoms with Crippen molar-refractivity contribution >= 4 is 17.4 Å². The molecule has 3 aliphatic rings. The van der Waals surface area contributed by atoms with Crippen LogP contribution in [0.3, 0.4) is 0 Å². The minimum absolute atomic E-state index is 0.160. The molecule has 156 valence electrons. The topological polar surface area (TPSA) is 52.7 Å². The average Bonchev–Trinajstić information content (AvgIpc) is 2.87. The maximum absolute atomic E-state index is 13.0. The van der Waals surface area contributed by atoms with E-state index in [2.05, 4.69) is 14.5 Å². The van der Waals surface area contributed by atoms with Gasteiger partial charge in [-0.1, -0.05) is 0 Å². The van der Waals surface area contributed by atoms with Crippen molar-refractivity contribution in [1.29, 1.82) is 0 Å². The zero-order valence-electron chi connectivity index (χ0n) is 15.6. The van der Waals surface area contributed by atoms with Crippen molar-refractivity contribution < 1.29 is 22.2 Å². The van der Waals surface area contributed by atoms with Crippen LogP contribution in [0, 0.1) is 5.92 Å². The summed E-state index contributed by atoms with van der Waals surface area (Å²) >= 11 is 0. The smallest absolute Gasteiger partial charge is 0.356 e. The van der Waals surface area contributed by atoms with Gasteiger partial charge >= 0.3 is 6.18 Å². The predicted octanol–water partition coefficient (Wildman–Crippen LogP) is 2.45. The number of hydrogen-bond acceptors (Lipinski definition) is 3. The minimum atomic E-state index is -4.07. The van der Waals surface area contributed by atoms with E-state index in [1.165, 1.54) is 0 Å². The Bertz CT molecular complexity index is 512. The molecule has 0 aromatic heterocycles. The number of carbonyl (C=O) groups excluding carboxylic acids is 1. The van der Waals surface area contributed by atoms with E-state index in [1.807, 2.05) is 0 Å². The van der Waals surface area contributed by atoms with E-state index in [0.717, 1.165) is 58.0 Å². The maximum atomic E-state index is 13.0. The van der Waals surface area contributed by atoms with Crippen molar-refractivity contribution in [3.8, 4) is 0 Å². The third-order valence-corrected chi connectivity index (χ3v) is 8.05. The molecule has 3 aliphatic heterocycles. The van der Waals surface area contributed by atoms with Crippen LogP contribution in [0.25, 0.3) is 0 Å². The standard InChI is InChI=1S/C18H30F3N3O2S/c19-18(20,21)6-1-7-23-8-4-14(5-9-23)12-27(26)24-16-2-3-17(24)11-15(10-16)22-13-25/h13-17H,1-12H2,(H,22,25)/t15?,16-,17?,27?/m1/s1. The van der Waals surface area contributed by atoms with Crippen LogP contribution in [0.1, 0.15) is 51.4 Å². The second-order valence-electron chi connectivity index (χ2n) is 8.19. The molecule has 1 amide bonds. The van der Waals surface area contributed by atoms with Crippen molar-refractivity contribution in [1.82, 2.24) is 14.5 Å². The highest BCUT2D eigenvalue weighted by Crippen LogP contribution is 2.37. The summed E-state index contributed by atoms with van der Waals surface area (Å²) in [5.41, 5.74) is 0. The Kier molecular flexibility index (Phi) is 7.19. The molecule has 0 radical (unpaired) electrons. The lowest BCUT2D eigenvalue weighted by Gasteiger charge is -2.39. The monoisotopic (exact) mass is 409 g/mol. The fourth-order valence-corrected chi connectivity index (χ4v) is 6.82. The molecule has 0 aliphatic carbocycles. The van der Waals surface area contributed by atoms with Crippen LogP contribution in [0.4, 0.5) is 13.2 Å². The first-order chi connectivity index (χ1) is 12.9. The number of fused-ring (bicyclic) bond motifs is 2. The summed E-state index contributed by atoms with van der Waals surface area (Å²) in [7, 11) is -0.999. The molecule has 0 aromatic carbocycles. The SMILES string of the molecule is O=CNC1CC2CC[C@H](C1)N2S(=O)CC1CCN(CCCC(F)(F)F)CC1. The van der Waals surface area contributed by atoms with Gasteiger partial charge in [0.2, 0.25) is 6.41 Å². The molecule has 4 atom stereocenters. The number of nitrogens with one attached hydrogen (secondary N) is 1. The number of carbonyl (C=O) groups is 1. The van der Waals surface area contributed by atoms with Gasteiger partial charge in [0.25, 0.3) is 0 Å². The summed E-state index contributed by atoms with van der Waals surface area (Å²) in [5.74, 6) is 1.05. The highest BCUT2D eigenvalue weighted by Gasteiger charge is 2.43. The van der Waals surface area contributed by atoms with E-state index in [9.17, 15) is 22.2 Å². The molecule has 0 spiro atoms. The first-order valence-electron chi connectivity index (χ1n) is 10.0. The molecular formula is C18H30F3N3O2S. The minimum Gasteiger partial charge on any atom is -0.356 e. The van der Waals surface area contributed by atoms with Gasteiger partial charge in [0.15, 0.2) is 0 Å². The van der Waals surface area contributed by atoms with Gasteiger partial charge < -0.3 is 10.2 Å². The van der Waals surface area contributed by atoms with Gasteiger partial charge in [0.1, 0.15) is 0 Å². The Labute approximate surface area is 161 Å². The van der Waals surface area contributed by atoms with E-state index in [1.54, 1.807) is 0 Å². The third-order valence-electron chi connectivity index (χ3n) is 6.22. The number of hydrogen-bond donors (Lipinski definition) is 1. The van der Waals surface area contributed by atoms with E-state index < -0.39 is 23.6 Å². The fourth-order valence-electron chi connectivity index (χ4n) is 4.87. The van der Waals surface area contributed by atoms with Crippen molar-refractivity contribution in [2.75, 3.05) is 25.4 Å². The molecule has 3 heterocycles. The molecule has 3 unspecified atom stereocenters. The van der Waals surface area contributed by atoms with Crippen molar-refractivity contribution in [2.45, 2.75) is 75.7 Å². The van der Waals surface area contributed by atoms with Crippen LogP contribution < -0.4 is 5.32 Å². The van der Waals surface area contributed by atoms with Gasteiger partial charge in [0, 0.05) is 30.3 Å². The van der Waals surface area contributed by atoms with Crippen LogP contribution in [0.5, 0.6) is 0 Å². The molecule has 5 nitrogen and oxygen atoms in total. The summed E-state index contributed by atoms with van der Waals surface area (Å²) in [6.07, 6.45) is 1.81. The Morgan fingerprint density at radius 1 is 1.07 bits per heavy atom. The molecule has 2 bridgehead atoms. The summed E-state index contributed by atoms with van der Waals surface area (Å²) in [6, 6.07) is 0.794. The van der Waals surface area contributed by atoms with Crippen LogP contribution in [0.15, 0.2) is 0 Å². The molecule has 3 fully saturated rings. The van der Waals surface area contributed by atoms with Crippen molar-refractivity contribution in [2.24, 2.45) is 5.92 Å². The van der Waals surface area contributed by atoms with E-state index in [0.29, 0.717) is 30.3 Å². The fraction of sp³-hybridized carbons (Fsp3) is 0.944. The Morgan fingerprint density at radius 2 is 1.70 bits per heavy atom. The van der Waals surface area contributed by atoms with Gasteiger partial charge in [-0.15, -0.1) is 0 Å². The summed E-state index contributed by atoms with van der Waals surface area (Å²) in [4.78, 5) is 12.8. The van der Waals surface area contributed by atoms with Crippen LogP contribution in [-0.4, -0.2) is 69.5 Å².